The van der Waals surface area contributed by atoms with Gasteiger partial charge in [0.05, 0.1) is 0 Å². The number of halogens is 1. The van der Waals surface area contributed by atoms with Crippen LogP contribution in [0.3, 0.4) is 0 Å². The van der Waals surface area contributed by atoms with Crippen LogP contribution in [0, 0.1) is 0 Å². The van der Waals surface area contributed by atoms with E-state index in [1.807, 2.05) is 48.5 Å². The molecule has 1 heterocycles. The summed E-state index contributed by atoms with van der Waals surface area (Å²) in [5, 5.41) is 2.21. The molecule has 2 nitrogen and oxygen atoms in total. The molecule has 0 aromatic heterocycles. The fourth-order valence-corrected chi connectivity index (χ4v) is 2.62. The lowest BCUT2D eigenvalue weighted by Gasteiger charge is -2.22. The molecule has 0 fully saturated rings. The Balaban J connectivity index is 1.94. The number of benzene rings is 3. The minimum atomic E-state index is 0.733. The first-order chi connectivity index (χ1) is 9.31. The zero-order valence-electron chi connectivity index (χ0n) is 9.89. The van der Waals surface area contributed by atoms with E-state index < -0.39 is 0 Å². The van der Waals surface area contributed by atoms with Crippen LogP contribution in [0.5, 0.6) is 23.0 Å². The van der Waals surface area contributed by atoms with Crippen molar-refractivity contribution in [1.82, 2.24) is 0 Å². The molecule has 19 heavy (non-hydrogen) atoms. The van der Waals surface area contributed by atoms with Crippen LogP contribution in [0.4, 0.5) is 0 Å². The van der Waals surface area contributed by atoms with Crippen molar-refractivity contribution >= 4 is 26.7 Å². The van der Waals surface area contributed by atoms with Crippen molar-refractivity contribution in [1.29, 1.82) is 0 Å². The van der Waals surface area contributed by atoms with Crippen molar-refractivity contribution in [3.05, 3.63) is 59.1 Å². The zero-order valence-corrected chi connectivity index (χ0v) is 11.5. The summed E-state index contributed by atoms with van der Waals surface area (Å²) in [6, 6.07) is 17.9. The highest BCUT2D eigenvalue weighted by Gasteiger charge is 2.20. The summed E-state index contributed by atoms with van der Waals surface area (Å²) in [5.41, 5.74) is 0. The molecule has 0 atom stereocenters. The second-order valence-corrected chi connectivity index (χ2v) is 5.32. The summed E-state index contributed by atoms with van der Waals surface area (Å²) in [6.45, 7) is 0. The maximum absolute atomic E-state index is 6.00. The minimum absolute atomic E-state index is 0.733. The minimum Gasteiger partial charge on any atom is -0.449 e. The average Bonchev–Trinajstić information content (AvgIpc) is 2.45. The molecule has 0 aliphatic carbocycles. The van der Waals surface area contributed by atoms with Crippen LogP contribution in [0.1, 0.15) is 0 Å². The van der Waals surface area contributed by atoms with Gasteiger partial charge in [-0.05, 0) is 29.7 Å². The molecular weight excluding hydrogens is 304 g/mol. The first kappa shape index (κ1) is 10.9. The average molecular weight is 313 g/mol. The molecule has 0 bridgehead atoms. The molecule has 0 spiro atoms. The molecule has 3 heteroatoms. The van der Waals surface area contributed by atoms with E-state index in [2.05, 4.69) is 22.0 Å². The number of rotatable bonds is 0. The monoisotopic (exact) mass is 312 g/mol. The van der Waals surface area contributed by atoms with Gasteiger partial charge in [0.1, 0.15) is 0 Å². The van der Waals surface area contributed by atoms with Gasteiger partial charge in [0.2, 0.25) is 0 Å². The molecule has 0 N–H and O–H groups in total. The van der Waals surface area contributed by atoms with Gasteiger partial charge in [-0.1, -0.05) is 46.3 Å². The molecule has 3 aromatic rings. The van der Waals surface area contributed by atoms with E-state index in [9.17, 15) is 0 Å². The van der Waals surface area contributed by atoms with Gasteiger partial charge in [-0.25, -0.2) is 0 Å². The quantitative estimate of drug-likeness (QED) is 0.427. The van der Waals surface area contributed by atoms with Crippen molar-refractivity contribution in [2.75, 3.05) is 0 Å². The summed E-state index contributed by atoms with van der Waals surface area (Å²) in [7, 11) is 0. The van der Waals surface area contributed by atoms with E-state index in [1.54, 1.807) is 0 Å². The smallest absolute Gasteiger partial charge is 0.177 e. The van der Waals surface area contributed by atoms with Gasteiger partial charge in [0.15, 0.2) is 23.0 Å². The summed E-state index contributed by atoms with van der Waals surface area (Å²) in [5.74, 6) is 3.02. The van der Waals surface area contributed by atoms with Crippen LogP contribution in [0.15, 0.2) is 59.1 Å². The Kier molecular flexibility index (Phi) is 2.29. The molecule has 1 aliphatic heterocycles. The Hall–Kier alpha value is -2.00. The topological polar surface area (TPSA) is 18.5 Å². The lowest BCUT2D eigenvalue weighted by molar-refractivity contribution is 0.363. The SMILES string of the molecule is Brc1ccc2c(c1)Oc1ccc3ccccc3c1O2. The van der Waals surface area contributed by atoms with E-state index in [4.69, 9.17) is 9.47 Å². The maximum atomic E-state index is 6.00. The zero-order chi connectivity index (χ0) is 12.8. The van der Waals surface area contributed by atoms with Gasteiger partial charge < -0.3 is 9.47 Å². The fraction of sp³-hybridized carbons (Fsp3) is 0. The maximum Gasteiger partial charge on any atom is 0.177 e. The van der Waals surface area contributed by atoms with E-state index in [1.165, 1.54) is 0 Å². The molecule has 0 unspecified atom stereocenters. The van der Waals surface area contributed by atoms with Crippen molar-refractivity contribution in [3.8, 4) is 23.0 Å². The molecule has 0 amide bonds. The van der Waals surface area contributed by atoms with Crippen LogP contribution in [-0.4, -0.2) is 0 Å². The van der Waals surface area contributed by atoms with Gasteiger partial charge in [-0.2, -0.15) is 0 Å². The molecule has 0 saturated carbocycles. The third-order valence-electron chi connectivity index (χ3n) is 3.18. The van der Waals surface area contributed by atoms with Crippen LogP contribution in [0.25, 0.3) is 10.8 Å². The highest BCUT2D eigenvalue weighted by atomic mass is 79.9. The molecule has 4 rings (SSSR count). The van der Waals surface area contributed by atoms with Crippen molar-refractivity contribution in [2.24, 2.45) is 0 Å². The second-order valence-electron chi connectivity index (χ2n) is 4.41. The second kappa shape index (κ2) is 4.00. The number of hydrogen-bond donors (Lipinski definition) is 0. The third kappa shape index (κ3) is 1.70. The Morgan fingerprint density at radius 3 is 2.53 bits per heavy atom. The largest absolute Gasteiger partial charge is 0.449 e. The van der Waals surface area contributed by atoms with Gasteiger partial charge in [-0.3, -0.25) is 0 Å². The summed E-state index contributed by atoms with van der Waals surface area (Å²) >= 11 is 3.43. The van der Waals surface area contributed by atoms with Crippen molar-refractivity contribution < 1.29 is 9.47 Å². The first-order valence-electron chi connectivity index (χ1n) is 5.98. The molecule has 3 aromatic carbocycles. The van der Waals surface area contributed by atoms with Gasteiger partial charge >= 0.3 is 0 Å². The highest BCUT2D eigenvalue weighted by Crippen LogP contribution is 2.48. The van der Waals surface area contributed by atoms with Crippen LogP contribution < -0.4 is 9.47 Å². The number of hydrogen-bond acceptors (Lipinski definition) is 2. The summed E-state index contributed by atoms with van der Waals surface area (Å²) in [4.78, 5) is 0. The van der Waals surface area contributed by atoms with Crippen LogP contribution >= 0.6 is 15.9 Å². The van der Waals surface area contributed by atoms with E-state index in [0.717, 1.165) is 38.2 Å². The molecule has 1 aliphatic rings. The Morgan fingerprint density at radius 2 is 1.58 bits per heavy atom. The molecule has 0 radical (unpaired) electrons. The Labute approximate surface area is 118 Å². The fourth-order valence-electron chi connectivity index (χ4n) is 2.28. The predicted molar refractivity (Wildman–Crippen MR) is 78.2 cm³/mol. The lowest BCUT2D eigenvalue weighted by Crippen LogP contribution is -1.99. The van der Waals surface area contributed by atoms with Gasteiger partial charge in [0.25, 0.3) is 0 Å². The molecular formula is C16H9BrO2. The standard InChI is InChI=1S/C16H9BrO2/c17-11-6-8-13-15(9-11)18-14-7-5-10-3-1-2-4-12(10)16(14)19-13/h1-9H. The number of ether oxygens (including phenoxy) is 2. The Morgan fingerprint density at radius 1 is 0.737 bits per heavy atom. The Bertz CT molecular complexity index is 796. The van der Waals surface area contributed by atoms with Crippen LogP contribution in [-0.2, 0) is 0 Å². The first-order valence-corrected chi connectivity index (χ1v) is 6.77. The van der Waals surface area contributed by atoms with Crippen molar-refractivity contribution in [3.63, 3.8) is 0 Å². The van der Waals surface area contributed by atoms with E-state index in [0.29, 0.717) is 0 Å². The van der Waals surface area contributed by atoms with Crippen molar-refractivity contribution in [2.45, 2.75) is 0 Å². The molecule has 0 saturated heterocycles. The van der Waals surface area contributed by atoms with Gasteiger partial charge in [0, 0.05) is 9.86 Å². The lowest BCUT2D eigenvalue weighted by atomic mass is 10.1. The third-order valence-corrected chi connectivity index (χ3v) is 3.67. The highest BCUT2D eigenvalue weighted by molar-refractivity contribution is 9.10. The molecule has 92 valence electrons. The normalized spacial score (nSPS) is 12.3. The van der Waals surface area contributed by atoms with Crippen LogP contribution in [0.2, 0.25) is 0 Å². The van der Waals surface area contributed by atoms with E-state index in [-0.39, 0.29) is 0 Å². The van der Waals surface area contributed by atoms with E-state index >= 15 is 0 Å². The summed E-state index contributed by atoms with van der Waals surface area (Å²) in [6.07, 6.45) is 0. The van der Waals surface area contributed by atoms with Gasteiger partial charge in [-0.15, -0.1) is 0 Å². The number of fused-ring (bicyclic) bond motifs is 4. The predicted octanol–water partition coefficient (Wildman–Crippen LogP) is 5.50. The summed E-state index contributed by atoms with van der Waals surface area (Å²) < 4.78 is 12.9.